The highest BCUT2D eigenvalue weighted by Crippen LogP contribution is 2.32. The molecule has 1 atom stereocenters. The fourth-order valence-corrected chi connectivity index (χ4v) is 4.85. The second-order valence-electron chi connectivity index (χ2n) is 6.88. The number of nitrogens with one attached hydrogen (secondary N) is 1. The van der Waals surface area contributed by atoms with E-state index in [0.717, 1.165) is 17.9 Å². The topological polar surface area (TPSA) is 80.1 Å². The quantitative estimate of drug-likeness (QED) is 0.632. The lowest BCUT2D eigenvalue weighted by Crippen LogP contribution is -2.40. The first-order chi connectivity index (χ1) is 14.0. The van der Waals surface area contributed by atoms with Gasteiger partial charge >= 0.3 is 0 Å². The first kappa shape index (κ1) is 19.7. The molecule has 0 aliphatic carbocycles. The van der Waals surface area contributed by atoms with Gasteiger partial charge in [0, 0.05) is 30.8 Å². The summed E-state index contributed by atoms with van der Waals surface area (Å²) in [5.74, 6) is 0.942. The Kier molecular flexibility index (Phi) is 5.68. The van der Waals surface area contributed by atoms with Gasteiger partial charge in [0.25, 0.3) is 0 Å². The van der Waals surface area contributed by atoms with Crippen LogP contribution in [0.3, 0.4) is 0 Å². The van der Waals surface area contributed by atoms with Crippen LogP contribution in [0, 0.1) is 0 Å². The van der Waals surface area contributed by atoms with Gasteiger partial charge in [0.05, 0.1) is 17.1 Å². The molecule has 0 bridgehead atoms. The molecule has 1 aliphatic rings. The molecule has 0 saturated carbocycles. The van der Waals surface area contributed by atoms with Gasteiger partial charge in [-0.25, -0.2) is 0 Å². The molecule has 1 N–H and O–H groups in total. The standard InChI is InChI=1S/C20H21N5O2S2/c1-13-10-18(26)21-15-7-3-4-8-16(15)25(13)19(27)12-29-20-23-22-17(24(20)2)11-14-6-5-9-28-14/h3-9,13H,10-12H2,1-2H3,(H,21,26). The molecule has 0 fully saturated rings. The Morgan fingerprint density at radius 1 is 1.28 bits per heavy atom. The SMILES string of the molecule is CC1CC(=O)Nc2ccccc2N1C(=O)CSc1nnc(Cc2cccs2)n1C. The molecule has 29 heavy (non-hydrogen) atoms. The summed E-state index contributed by atoms with van der Waals surface area (Å²) >= 11 is 3.05. The van der Waals surface area contributed by atoms with Crippen molar-refractivity contribution in [2.24, 2.45) is 7.05 Å². The number of thioether (sulfide) groups is 1. The van der Waals surface area contributed by atoms with E-state index >= 15 is 0 Å². The summed E-state index contributed by atoms with van der Waals surface area (Å²) in [5.41, 5.74) is 1.39. The molecule has 150 valence electrons. The molecule has 0 radical (unpaired) electrons. The average molecular weight is 428 g/mol. The monoisotopic (exact) mass is 427 g/mol. The molecule has 3 aromatic rings. The van der Waals surface area contributed by atoms with E-state index in [9.17, 15) is 9.59 Å². The van der Waals surface area contributed by atoms with Gasteiger partial charge in [-0.15, -0.1) is 21.5 Å². The summed E-state index contributed by atoms with van der Waals surface area (Å²) in [5, 5.41) is 14.2. The van der Waals surface area contributed by atoms with Gasteiger partial charge in [-0.05, 0) is 30.5 Å². The van der Waals surface area contributed by atoms with Crippen molar-refractivity contribution in [2.45, 2.75) is 31.0 Å². The molecule has 1 aromatic carbocycles. The Bertz CT molecular complexity index is 1030. The highest BCUT2D eigenvalue weighted by atomic mass is 32.2. The second kappa shape index (κ2) is 8.38. The minimum absolute atomic E-state index is 0.0609. The minimum atomic E-state index is -0.222. The van der Waals surface area contributed by atoms with E-state index in [4.69, 9.17) is 0 Å². The highest BCUT2D eigenvalue weighted by molar-refractivity contribution is 7.99. The Balaban J connectivity index is 1.48. The number of carbonyl (C=O) groups excluding carboxylic acids is 2. The van der Waals surface area contributed by atoms with E-state index in [1.54, 1.807) is 16.2 Å². The lowest BCUT2D eigenvalue weighted by Gasteiger charge is -2.27. The van der Waals surface area contributed by atoms with Crippen molar-refractivity contribution in [1.29, 1.82) is 0 Å². The summed E-state index contributed by atoms with van der Waals surface area (Å²) in [7, 11) is 1.92. The van der Waals surface area contributed by atoms with Crippen LogP contribution in [0.2, 0.25) is 0 Å². The first-order valence-corrected chi connectivity index (χ1v) is 11.1. The third-order valence-electron chi connectivity index (χ3n) is 4.79. The second-order valence-corrected chi connectivity index (χ2v) is 8.86. The zero-order chi connectivity index (χ0) is 20.4. The highest BCUT2D eigenvalue weighted by Gasteiger charge is 2.29. The molecule has 1 aliphatic heterocycles. The van der Waals surface area contributed by atoms with Crippen LogP contribution in [0.15, 0.2) is 46.9 Å². The van der Waals surface area contributed by atoms with Gasteiger partial charge in [0.15, 0.2) is 5.16 Å². The van der Waals surface area contributed by atoms with E-state index in [0.29, 0.717) is 10.8 Å². The molecule has 7 nitrogen and oxygen atoms in total. The molecule has 3 heterocycles. The van der Waals surface area contributed by atoms with Crippen molar-refractivity contribution in [3.8, 4) is 0 Å². The molecule has 2 aromatic heterocycles. The van der Waals surface area contributed by atoms with Crippen LogP contribution in [0.5, 0.6) is 0 Å². The third-order valence-corrected chi connectivity index (χ3v) is 6.67. The molecule has 2 amide bonds. The van der Waals surface area contributed by atoms with Crippen molar-refractivity contribution < 1.29 is 9.59 Å². The van der Waals surface area contributed by atoms with Crippen molar-refractivity contribution in [1.82, 2.24) is 14.8 Å². The zero-order valence-electron chi connectivity index (χ0n) is 16.2. The number of aromatic nitrogens is 3. The van der Waals surface area contributed by atoms with Crippen molar-refractivity contribution in [3.05, 3.63) is 52.5 Å². The number of anilines is 2. The summed E-state index contributed by atoms with van der Waals surface area (Å²) in [6.07, 6.45) is 0.986. The number of hydrogen-bond acceptors (Lipinski definition) is 6. The summed E-state index contributed by atoms with van der Waals surface area (Å²) < 4.78 is 1.93. The molecule has 0 saturated heterocycles. The Morgan fingerprint density at radius 2 is 2.10 bits per heavy atom. The molecule has 0 spiro atoms. The van der Waals surface area contributed by atoms with Gasteiger partial charge in [-0.3, -0.25) is 9.59 Å². The van der Waals surface area contributed by atoms with Gasteiger partial charge in [0.2, 0.25) is 11.8 Å². The van der Waals surface area contributed by atoms with E-state index in [-0.39, 0.29) is 30.0 Å². The van der Waals surface area contributed by atoms with E-state index < -0.39 is 0 Å². The Labute approximate surface area is 177 Å². The maximum Gasteiger partial charge on any atom is 0.237 e. The summed E-state index contributed by atoms with van der Waals surface area (Å²) in [6.45, 7) is 1.89. The number of nitrogens with zero attached hydrogens (tertiary/aromatic N) is 4. The number of carbonyl (C=O) groups is 2. The van der Waals surface area contributed by atoms with Crippen LogP contribution in [-0.2, 0) is 23.1 Å². The van der Waals surface area contributed by atoms with Crippen molar-refractivity contribution in [2.75, 3.05) is 16.0 Å². The lowest BCUT2D eigenvalue weighted by atomic mass is 10.2. The van der Waals surface area contributed by atoms with Crippen molar-refractivity contribution in [3.63, 3.8) is 0 Å². The van der Waals surface area contributed by atoms with Crippen LogP contribution in [0.1, 0.15) is 24.0 Å². The van der Waals surface area contributed by atoms with E-state index in [1.807, 2.05) is 54.3 Å². The minimum Gasteiger partial charge on any atom is -0.324 e. The summed E-state index contributed by atoms with van der Waals surface area (Å²) in [6, 6.07) is 11.3. The van der Waals surface area contributed by atoms with E-state index in [2.05, 4.69) is 21.6 Å². The lowest BCUT2D eigenvalue weighted by molar-refractivity contribution is -0.117. The predicted octanol–water partition coefficient (Wildman–Crippen LogP) is 3.32. The Hall–Kier alpha value is -2.65. The number of para-hydroxylation sites is 2. The van der Waals surface area contributed by atoms with Crippen LogP contribution < -0.4 is 10.2 Å². The number of amides is 2. The molecule has 1 unspecified atom stereocenters. The molecular weight excluding hydrogens is 406 g/mol. The van der Waals surface area contributed by atoms with Gasteiger partial charge < -0.3 is 14.8 Å². The fourth-order valence-electron chi connectivity index (χ4n) is 3.36. The zero-order valence-corrected chi connectivity index (χ0v) is 17.8. The number of thiophene rings is 1. The average Bonchev–Trinajstić information content (AvgIpc) is 3.29. The maximum atomic E-state index is 13.1. The number of rotatable bonds is 5. The number of benzene rings is 1. The molecule has 9 heteroatoms. The summed E-state index contributed by atoms with van der Waals surface area (Å²) in [4.78, 5) is 28.1. The number of fused-ring (bicyclic) bond motifs is 1. The van der Waals surface area contributed by atoms with Crippen molar-refractivity contribution >= 4 is 46.3 Å². The van der Waals surface area contributed by atoms with Crippen LogP contribution in [0.25, 0.3) is 0 Å². The predicted molar refractivity (Wildman–Crippen MR) is 115 cm³/mol. The van der Waals surface area contributed by atoms with Gasteiger partial charge in [0.1, 0.15) is 5.82 Å². The van der Waals surface area contributed by atoms with E-state index in [1.165, 1.54) is 16.6 Å². The van der Waals surface area contributed by atoms with Crippen LogP contribution in [0.4, 0.5) is 11.4 Å². The maximum absolute atomic E-state index is 13.1. The molecular formula is C20H21N5O2S2. The Morgan fingerprint density at radius 3 is 2.90 bits per heavy atom. The van der Waals surface area contributed by atoms with Gasteiger partial charge in [-0.2, -0.15) is 0 Å². The van der Waals surface area contributed by atoms with Crippen LogP contribution in [-0.4, -0.2) is 38.4 Å². The van der Waals surface area contributed by atoms with Gasteiger partial charge in [-0.1, -0.05) is 30.0 Å². The van der Waals surface area contributed by atoms with Crippen LogP contribution >= 0.6 is 23.1 Å². The normalized spacial score (nSPS) is 16.3. The third kappa shape index (κ3) is 4.20. The fraction of sp³-hybridized carbons (Fsp3) is 0.300. The largest absolute Gasteiger partial charge is 0.324 e. The first-order valence-electron chi connectivity index (χ1n) is 9.27. The number of hydrogen-bond donors (Lipinski definition) is 1. The smallest absolute Gasteiger partial charge is 0.237 e. The molecule has 4 rings (SSSR count).